The highest BCUT2D eigenvalue weighted by atomic mass is 19.4. The van der Waals surface area contributed by atoms with Gasteiger partial charge in [-0.2, -0.15) is 13.2 Å². The molecule has 2 heterocycles. The van der Waals surface area contributed by atoms with Crippen LogP contribution >= 0.6 is 0 Å². The number of fused-ring (bicyclic) bond motifs is 2. The summed E-state index contributed by atoms with van der Waals surface area (Å²) in [4.78, 5) is 17.1. The van der Waals surface area contributed by atoms with Crippen LogP contribution in [0.1, 0.15) is 44.6 Å². The number of allylic oxidation sites excluding steroid dienone is 1. The zero-order valence-electron chi connectivity index (χ0n) is 19.2. The van der Waals surface area contributed by atoms with Crippen molar-refractivity contribution < 1.29 is 22.7 Å². The Hall–Kier alpha value is -2.02. The molecule has 5 atom stereocenters. The molecule has 4 nitrogen and oxygen atoms in total. The molecule has 33 heavy (non-hydrogen) atoms. The highest BCUT2D eigenvalue weighted by Gasteiger charge is 2.55. The number of halogens is 3. The van der Waals surface area contributed by atoms with Gasteiger partial charge in [0, 0.05) is 44.3 Å². The number of ether oxygens (including phenoxy) is 1. The van der Waals surface area contributed by atoms with Crippen LogP contribution in [-0.4, -0.2) is 49.7 Å². The Morgan fingerprint density at radius 3 is 2.70 bits per heavy atom. The van der Waals surface area contributed by atoms with E-state index in [1.165, 1.54) is 30.5 Å². The average Bonchev–Trinajstić information content (AvgIpc) is 3.06. The Morgan fingerprint density at radius 1 is 1.21 bits per heavy atom. The van der Waals surface area contributed by atoms with Gasteiger partial charge in [0.2, 0.25) is 0 Å². The number of benzene rings is 1. The van der Waals surface area contributed by atoms with Crippen molar-refractivity contribution in [2.45, 2.75) is 51.3 Å². The standard InChI is InChI=1S/C26H33F3N2O2/c1-17-5-4-8-25(2)15-23-20(14-22(17)25)21(24(32)33-23)16-30-9-11-31(12-10-30)19-7-3-6-18(13-19)26(27,28)29/h3,6-7,13,20-23H,1,4-5,8-12,14-16H2,2H3/t20-,21?,22?,23-,25?/m1/s1. The van der Waals surface area contributed by atoms with E-state index >= 15 is 0 Å². The van der Waals surface area contributed by atoms with E-state index in [2.05, 4.69) is 18.4 Å². The number of alkyl halides is 3. The van der Waals surface area contributed by atoms with E-state index in [0.717, 1.165) is 38.4 Å². The van der Waals surface area contributed by atoms with Crippen LogP contribution in [0.2, 0.25) is 0 Å². The molecule has 2 aliphatic carbocycles. The van der Waals surface area contributed by atoms with Crippen molar-refractivity contribution in [2.24, 2.45) is 23.2 Å². The van der Waals surface area contributed by atoms with E-state index in [4.69, 9.17) is 4.74 Å². The van der Waals surface area contributed by atoms with Crippen LogP contribution in [0.3, 0.4) is 0 Å². The number of piperazine rings is 1. The first-order valence-electron chi connectivity index (χ1n) is 12.2. The predicted octanol–water partition coefficient (Wildman–Crippen LogP) is 5.14. The average molecular weight is 463 g/mol. The Balaban J connectivity index is 1.21. The first-order chi connectivity index (χ1) is 15.6. The van der Waals surface area contributed by atoms with Crippen molar-refractivity contribution in [1.82, 2.24) is 4.90 Å². The Kier molecular flexibility index (Phi) is 5.74. The van der Waals surface area contributed by atoms with Gasteiger partial charge < -0.3 is 9.64 Å². The number of hydrogen-bond donors (Lipinski definition) is 0. The molecule has 2 saturated heterocycles. The number of carbonyl (C=O) groups is 1. The summed E-state index contributed by atoms with van der Waals surface area (Å²) >= 11 is 0. The number of rotatable bonds is 3. The topological polar surface area (TPSA) is 32.8 Å². The van der Waals surface area contributed by atoms with E-state index in [1.54, 1.807) is 6.07 Å². The molecule has 0 amide bonds. The number of esters is 1. The Morgan fingerprint density at radius 2 is 1.97 bits per heavy atom. The summed E-state index contributed by atoms with van der Waals surface area (Å²) in [6.07, 6.45) is 1.05. The summed E-state index contributed by atoms with van der Waals surface area (Å²) in [7, 11) is 0. The maximum Gasteiger partial charge on any atom is 0.416 e. The van der Waals surface area contributed by atoms with E-state index in [-0.39, 0.29) is 29.3 Å². The lowest BCUT2D eigenvalue weighted by molar-refractivity contribution is -0.146. The van der Waals surface area contributed by atoms with Gasteiger partial charge in [-0.15, -0.1) is 0 Å². The normalized spacial score (nSPS) is 35.2. The van der Waals surface area contributed by atoms with Crippen molar-refractivity contribution in [3.05, 3.63) is 42.0 Å². The molecule has 4 aliphatic rings. The molecule has 0 bridgehead atoms. The number of carbonyl (C=O) groups excluding carboxylic acids is 1. The van der Waals surface area contributed by atoms with Crippen LogP contribution in [0.15, 0.2) is 36.4 Å². The summed E-state index contributed by atoms with van der Waals surface area (Å²) < 4.78 is 45.1. The van der Waals surface area contributed by atoms with Gasteiger partial charge in [-0.05, 0) is 61.6 Å². The first kappa shape index (κ1) is 22.8. The Labute approximate surface area is 193 Å². The molecule has 7 heteroatoms. The van der Waals surface area contributed by atoms with Gasteiger partial charge in [0.25, 0.3) is 0 Å². The molecule has 1 aromatic carbocycles. The molecule has 1 aromatic rings. The van der Waals surface area contributed by atoms with Gasteiger partial charge in [0.1, 0.15) is 6.10 Å². The van der Waals surface area contributed by atoms with Crippen LogP contribution in [0.25, 0.3) is 0 Å². The SMILES string of the molecule is C=C1CCCC2(C)C[C@H]3OC(=O)C(CN4CCN(c5cccc(C(F)(F)F)c5)CC4)[C@H]3CC12. The molecule has 0 aromatic heterocycles. The van der Waals surface area contributed by atoms with E-state index in [0.29, 0.717) is 31.2 Å². The second kappa shape index (κ2) is 8.33. The third-order valence-corrected chi connectivity index (χ3v) is 8.69. The quantitative estimate of drug-likeness (QED) is 0.460. The largest absolute Gasteiger partial charge is 0.462 e. The van der Waals surface area contributed by atoms with Crippen LogP contribution < -0.4 is 4.90 Å². The van der Waals surface area contributed by atoms with Crippen LogP contribution in [-0.2, 0) is 15.7 Å². The van der Waals surface area contributed by atoms with Crippen molar-refractivity contribution in [3.63, 3.8) is 0 Å². The summed E-state index contributed by atoms with van der Waals surface area (Å²) in [5.74, 6) is 0.529. The fourth-order valence-corrected chi connectivity index (χ4v) is 6.81. The molecular weight excluding hydrogens is 429 g/mol. The van der Waals surface area contributed by atoms with Gasteiger partial charge in [-0.3, -0.25) is 9.69 Å². The monoisotopic (exact) mass is 462 g/mol. The molecule has 180 valence electrons. The number of nitrogens with zero attached hydrogens (tertiary/aromatic N) is 2. The lowest BCUT2D eigenvalue weighted by Crippen LogP contribution is -2.50. The van der Waals surface area contributed by atoms with E-state index in [9.17, 15) is 18.0 Å². The summed E-state index contributed by atoms with van der Waals surface area (Å²) in [5.41, 5.74) is 1.53. The zero-order chi connectivity index (χ0) is 23.4. The molecule has 5 rings (SSSR count). The second-order valence-corrected chi connectivity index (χ2v) is 10.7. The van der Waals surface area contributed by atoms with Gasteiger partial charge in [-0.25, -0.2) is 0 Å². The van der Waals surface area contributed by atoms with Crippen molar-refractivity contribution >= 4 is 11.7 Å². The van der Waals surface area contributed by atoms with Crippen LogP contribution in [0, 0.1) is 23.2 Å². The third-order valence-electron chi connectivity index (χ3n) is 8.69. The maximum atomic E-state index is 13.1. The highest BCUT2D eigenvalue weighted by molar-refractivity contribution is 5.75. The van der Waals surface area contributed by atoms with Gasteiger partial charge in [0.05, 0.1) is 11.5 Å². The minimum Gasteiger partial charge on any atom is -0.462 e. The van der Waals surface area contributed by atoms with Crippen LogP contribution in [0.5, 0.6) is 0 Å². The van der Waals surface area contributed by atoms with Crippen molar-refractivity contribution in [3.8, 4) is 0 Å². The molecule has 0 N–H and O–H groups in total. The molecular formula is C26H33F3N2O2. The smallest absolute Gasteiger partial charge is 0.416 e. The van der Waals surface area contributed by atoms with Crippen molar-refractivity contribution in [2.75, 3.05) is 37.6 Å². The molecule has 0 spiro atoms. The maximum absolute atomic E-state index is 13.1. The minimum absolute atomic E-state index is 0.0149. The Bertz CT molecular complexity index is 924. The zero-order valence-corrected chi connectivity index (χ0v) is 19.2. The fourth-order valence-electron chi connectivity index (χ4n) is 6.81. The lowest BCUT2D eigenvalue weighted by Gasteiger charge is -2.50. The van der Waals surface area contributed by atoms with Crippen molar-refractivity contribution in [1.29, 1.82) is 0 Å². The summed E-state index contributed by atoms with van der Waals surface area (Å²) in [6.45, 7) is 10.1. The molecule has 2 aliphatic heterocycles. The molecule has 0 radical (unpaired) electrons. The second-order valence-electron chi connectivity index (χ2n) is 10.7. The highest BCUT2D eigenvalue weighted by Crippen LogP contribution is 2.57. The first-order valence-corrected chi connectivity index (χ1v) is 12.2. The summed E-state index contributed by atoms with van der Waals surface area (Å²) in [6, 6.07) is 5.54. The van der Waals surface area contributed by atoms with E-state index in [1.807, 2.05) is 4.90 Å². The third kappa shape index (κ3) is 4.29. The lowest BCUT2D eigenvalue weighted by atomic mass is 9.55. The molecule has 2 saturated carbocycles. The predicted molar refractivity (Wildman–Crippen MR) is 121 cm³/mol. The van der Waals surface area contributed by atoms with Gasteiger partial charge in [0.15, 0.2) is 0 Å². The summed E-state index contributed by atoms with van der Waals surface area (Å²) in [5, 5.41) is 0. The van der Waals surface area contributed by atoms with Gasteiger partial charge in [-0.1, -0.05) is 25.1 Å². The number of anilines is 1. The van der Waals surface area contributed by atoms with Crippen LogP contribution in [0.4, 0.5) is 18.9 Å². The van der Waals surface area contributed by atoms with E-state index < -0.39 is 11.7 Å². The van der Waals surface area contributed by atoms with Gasteiger partial charge >= 0.3 is 12.1 Å². The molecule has 4 fully saturated rings. The number of hydrogen-bond acceptors (Lipinski definition) is 4. The fraction of sp³-hybridized carbons (Fsp3) is 0.654. The minimum atomic E-state index is -4.34. The molecule has 3 unspecified atom stereocenters.